The van der Waals surface area contributed by atoms with Gasteiger partial charge in [0, 0.05) is 49.7 Å². The topological polar surface area (TPSA) is 197 Å². The number of imide groups is 2. The number of aromatic nitrogens is 3. The monoisotopic (exact) mass is 929 g/mol. The second-order valence-corrected chi connectivity index (χ2v) is 18.3. The third-order valence-corrected chi connectivity index (χ3v) is 13.6. The number of halogens is 3. The summed E-state index contributed by atoms with van der Waals surface area (Å²) in [4.78, 5) is 89.7. The molecule has 2 aromatic carbocycles. The van der Waals surface area contributed by atoms with Crippen LogP contribution in [0.2, 0.25) is 5.02 Å². The van der Waals surface area contributed by atoms with Crippen molar-refractivity contribution in [1.29, 1.82) is 0 Å². The van der Waals surface area contributed by atoms with Gasteiger partial charge in [0.1, 0.15) is 11.1 Å². The van der Waals surface area contributed by atoms with Crippen molar-refractivity contribution in [1.82, 2.24) is 35.0 Å². The van der Waals surface area contributed by atoms with E-state index in [2.05, 4.69) is 25.8 Å². The molecule has 0 spiro atoms. The SMILES string of the molecule is CNC(=O)COc1cc2cc(Nc3nc(N4CCC(OC5CC(N6CCC(c7ccc8c(c7)C(=O)N([C@@H]7CCC(=O)NC7=O)C8=O)C(F)(F)C6)C5)CC4)ncc3Cl)ccc2n(C(C)C)c1=O. The highest BCUT2D eigenvalue weighted by atomic mass is 35.5. The van der Waals surface area contributed by atoms with Gasteiger partial charge in [0.15, 0.2) is 18.2 Å². The summed E-state index contributed by atoms with van der Waals surface area (Å²) in [5, 5.41) is 8.96. The number of carbonyl (C=O) groups excluding carboxylic acids is 5. The van der Waals surface area contributed by atoms with Gasteiger partial charge in [0.2, 0.25) is 17.8 Å². The number of fused-ring (bicyclic) bond motifs is 2. The van der Waals surface area contributed by atoms with E-state index in [-0.39, 0.29) is 84.1 Å². The minimum atomic E-state index is -3.09. The van der Waals surface area contributed by atoms with Crippen LogP contribution in [0.1, 0.15) is 97.0 Å². The Labute approximate surface area is 383 Å². The Bertz CT molecular complexity index is 2690. The van der Waals surface area contributed by atoms with E-state index in [0.717, 1.165) is 17.7 Å². The standard InChI is InChI=1S/C46H50ClF2N9O8/c1-24(2)57-35-7-5-27(16-26(35)18-37(44(57)64)65-22-39(60)50-3)52-40-34(47)21-51-45(54-40)55-13-10-29(11-14-55)66-30-19-28(20-30)56-15-12-33(46(48,49)23-56)25-4-6-31-32(17-25)43(63)58(42(31)62)36-8-9-38(59)53-41(36)61/h4-7,16-18,21,24,28-30,33,36H,8-15,19-20,22-23H2,1-3H3,(H,50,60)(H,51,52,54)(H,53,59,61)/t28?,30?,33?,36-/m1/s1. The number of amides is 5. The van der Waals surface area contributed by atoms with Gasteiger partial charge in [-0.2, -0.15) is 4.98 Å². The molecule has 4 aliphatic heterocycles. The quantitative estimate of drug-likeness (QED) is 0.162. The van der Waals surface area contributed by atoms with Crippen molar-refractivity contribution in [3.05, 3.63) is 80.7 Å². The molecule has 5 aliphatic rings. The van der Waals surface area contributed by atoms with Crippen LogP contribution >= 0.6 is 11.6 Å². The summed E-state index contributed by atoms with van der Waals surface area (Å²) in [6.45, 7) is 4.79. The predicted octanol–water partition coefficient (Wildman–Crippen LogP) is 4.94. The molecule has 6 heterocycles. The lowest BCUT2D eigenvalue weighted by Crippen LogP contribution is -2.56. The zero-order chi connectivity index (χ0) is 46.6. The fourth-order valence-corrected chi connectivity index (χ4v) is 9.91. The molecule has 20 heteroatoms. The largest absolute Gasteiger partial charge is 0.478 e. The molecule has 3 saturated heterocycles. The fraction of sp³-hybridized carbons (Fsp3) is 0.478. The molecule has 2 atom stereocenters. The van der Waals surface area contributed by atoms with Crippen molar-refractivity contribution in [3.63, 3.8) is 0 Å². The van der Waals surface area contributed by atoms with Crippen molar-refractivity contribution in [2.75, 3.05) is 50.1 Å². The molecule has 4 aromatic rings. The second-order valence-electron chi connectivity index (χ2n) is 17.9. The van der Waals surface area contributed by atoms with E-state index >= 15 is 8.78 Å². The van der Waals surface area contributed by atoms with E-state index in [1.54, 1.807) is 16.8 Å². The number of carbonyl (C=O) groups is 5. The summed E-state index contributed by atoms with van der Waals surface area (Å²) in [6.07, 6.45) is 4.42. The molecule has 1 aliphatic carbocycles. The first kappa shape index (κ1) is 45.1. The number of ether oxygens (including phenoxy) is 2. The van der Waals surface area contributed by atoms with Crippen LogP contribution in [0.15, 0.2) is 53.5 Å². The summed E-state index contributed by atoms with van der Waals surface area (Å²) in [5.41, 5.74) is 1.35. The molecule has 348 valence electrons. The normalized spacial score (nSPS) is 23.5. The Morgan fingerprint density at radius 3 is 2.42 bits per heavy atom. The lowest BCUT2D eigenvalue weighted by molar-refractivity contribution is -0.136. The van der Waals surface area contributed by atoms with Gasteiger partial charge in [0.05, 0.1) is 47.5 Å². The number of rotatable bonds is 12. The number of benzene rings is 2. The molecular weight excluding hydrogens is 880 g/mol. The van der Waals surface area contributed by atoms with Crippen molar-refractivity contribution in [2.24, 2.45) is 0 Å². The first-order valence-electron chi connectivity index (χ1n) is 22.3. The molecule has 0 radical (unpaired) electrons. The zero-order valence-electron chi connectivity index (χ0n) is 36.7. The number of anilines is 3. The molecule has 5 amide bonds. The van der Waals surface area contributed by atoms with E-state index in [1.807, 2.05) is 36.9 Å². The summed E-state index contributed by atoms with van der Waals surface area (Å²) in [7, 11) is 1.49. The third-order valence-electron chi connectivity index (χ3n) is 13.3. The second kappa shape index (κ2) is 18.0. The summed E-state index contributed by atoms with van der Waals surface area (Å²) >= 11 is 6.57. The number of nitrogens with zero attached hydrogens (tertiary/aromatic N) is 6. The number of pyridine rings is 1. The smallest absolute Gasteiger partial charge is 0.293 e. The number of likely N-dealkylation sites (tertiary alicyclic amines) is 1. The first-order valence-corrected chi connectivity index (χ1v) is 22.7. The van der Waals surface area contributed by atoms with Crippen molar-refractivity contribution < 1.29 is 42.2 Å². The van der Waals surface area contributed by atoms with Gasteiger partial charge >= 0.3 is 0 Å². The lowest BCUT2D eigenvalue weighted by Gasteiger charge is -2.48. The van der Waals surface area contributed by atoms with Crippen LogP contribution in [0.5, 0.6) is 5.75 Å². The molecule has 66 heavy (non-hydrogen) atoms. The van der Waals surface area contributed by atoms with Gasteiger partial charge in [-0.15, -0.1) is 0 Å². The van der Waals surface area contributed by atoms with E-state index in [9.17, 15) is 28.8 Å². The highest BCUT2D eigenvalue weighted by Gasteiger charge is 2.50. The summed E-state index contributed by atoms with van der Waals surface area (Å²) in [5.74, 6) is -6.24. The van der Waals surface area contributed by atoms with Crippen LogP contribution in [-0.4, -0.2) is 124 Å². The zero-order valence-corrected chi connectivity index (χ0v) is 37.4. The van der Waals surface area contributed by atoms with Crippen LogP contribution < -0.4 is 31.1 Å². The van der Waals surface area contributed by atoms with Crippen LogP contribution in [0, 0.1) is 0 Å². The van der Waals surface area contributed by atoms with Crippen molar-refractivity contribution in [3.8, 4) is 5.75 Å². The highest BCUT2D eigenvalue weighted by molar-refractivity contribution is 6.33. The van der Waals surface area contributed by atoms with E-state index in [0.29, 0.717) is 65.9 Å². The molecule has 4 fully saturated rings. The van der Waals surface area contributed by atoms with Crippen LogP contribution in [0.4, 0.5) is 26.2 Å². The van der Waals surface area contributed by atoms with Gasteiger partial charge in [-0.05, 0) is 101 Å². The van der Waals surface area contributed by atoms with Crippen LogP contribution in [0.25, 0.3) is 10.9 Å². The van der Waals surface area contributed by atoms with Gasteiger partial charge < -0.3 is 29.6 Å². The molecule has 1 saturated carbocycles. The third kappa shape index (κ3) is 8.70. The minimum absolute atomic E-state index is 0.00403. The number of hydrogen-bond acceptors (Lipinski definition) is 13. The van der Waals surface area contributed by atoms with Gasteiger partial charge in [-0.1, -0.05) is 17.7 Å². The van der Waals surface area contributed by atoms with Crippen molar-refractivity contribution in [2.45, 2.75) is 101 Å². The Hall–Kier alpha value is -6.05. The number of piperidine rings is 3. The average Bonchev–Trinajstić information content (AvgIpc) is 3.51. The molecule has 2 aromatic heterocycles. The molecule has 9 rings (SSSR count). The number of likely N-dealkylation sites (N-methyl/N-ethyl adjacent to an activating group) is 1. The van der Waals surface area contributed by atoms with E-state index in [4.69, 9.17) is 26.1 Å². The maximum Gasteiger partial charge on any atom is 0.293 e. The van der Waals surface area contributed by atoms with Gasteiger partial charge in [-0.25, -0.2) is 13.8 Å². The number of hydrogen-bond donors (Lipinski definition) is 3. The molecule has 0 bridgehead atoms. The maximum absolute atomic E-state index is 15.9. The molecular formula is C46H50ClF2N9O8. The Morgan fingerprint density at radius 2 is 1.71 bits per heavy atom. The summed E-state index contributed by atoms with van der Waals surface area (Å²) < 4.78 is 45.5. The first-order chi connectivity index (χ1) is 31.6. The molecule has 3 N–H and O–H groups in total. The minimum Gasteiger partial charge on any atom is -0.478 e. The fourth-order valence-electron chi connectivity index (χ4n) is 9.77. The Morgan fingerprint density at radius 1 is 0.955 bits per heavy atom. The Kier molecular flexibility index (Phi) is 12.3. The van der Waals surface area contributed by atoms with E-state index < -0.39 is 48.1 Å². The van der Waals surface area contributed by atoms with Crippen LogP contribution in [0.3, 0.4) is 0 Å². The van der Waals surface area contributed by atoms with E-state index in [1.165, 1.54) is 25.2 Å². The maximum atomic E-state index is 15.9. The highest BCUT2D eigenvalue weighted by Crippen LogP contribution is 2.44. The molecule has 17 nitrogen and oxygen atoms in total. The lowest BCUT2D eigenvalue weighted by atomic mass is 9.81. The Balaban J connectivity index is 0.765. The average molecular weight is 930 g/mol. The predicted molar refractivity (Wildman–Crippen MR) is 239 cm³/mol. The van der Waals surface area contributed by atoms with Gasteiger partial charge in [-0.3, -0.25) is 43.9 Å². The number of nitrogens with one attached hydrogen (secondary N) is 3. The van der Waals surface area contributed by atoms with Gasteiger partial charge in [0.25, 0.3) is 29.2 Å². The molecule has 1 unspecified atom stereocenters. The van der Waals surface area contributed by atoms with Crippen LogP contribution in [-0.2, 0) is 19.1 Å². The summed E-state index contributed by atoms with van der Waals surface area (Å²) in [6, 6.07) is 10.0. The number of alkyl halides is 2. The van der Waals surface area contributed by atoms with Crippen molar-refractivity contribution >= 4 is 69.5 Å².